The zero-order chi connectivity index (χ0) is 14.8. The van der Waals surface area contributed by atoms with Gasteiger partial charge in [0.25, 0.3) is 0 Å². The van der Waals surface area contributed by atoms with Crippen LogP contribution in [0.4, 0.5) is 0 Å². The summed E-state index contributed by atoms with van der Waals surface area (Å²) >= 11 is 6.07. The molecule has 1 amide bonds. The molecule has 0 aromatic heterocycles. The molecule has 1 fully saturated rings. The van der Waals surface area contributed by atoms with Crippen LogP contribution < -0.4 is 5.32 Å². The molecule has 1 saturated heterocycles. The minimum Gasteiger partial charge on any atom is -0.322 e. The predicted octanol–water partition coefficient (Wildman–Crippen LogP) is 3.53. The van der Waals surface area contributed by atoms with Gasteiger partial charge in [0, 0.05) is 11.6 Å². The minimum atomic E-state index is -0.296. The van der Waals surface area contributed by atoms with Crippen LogP contribution in [0.1, 0.15) is 30.3 Å². The summed E-state index contributed by atoms with van der Waals surface area (Å²) in [6.07, 6.45) is -0.133. The van der Waals surface area contributed by atoms with Gasteiger partial charge in [0.15, 0.2) is 0 Å². The van der Waals surface area contributed by atoms with Crippen molar-refractivity contribution in [1.82, 2.24) is 10.2 Å². The van der Waals surface area contributed by atoms with Crippen LogP contribution in [0.2, 0.25) is 5.02 Å². The van der Waals surface area contributed by atoms with E-state index in [0.29, 0.717) is 11.6 Å². The van der Waals surface area contributed by atoms with Crippen molar-refractivity contribution in [2.75, 3.05) is 6.54 Å². The lowest BCUT2D eigenvalue weighted by Gasteiger charge is -2.22. The van der Waals surface area contributed by atoms with E-state index in [1.807, 2.05) is 66.4 Å². The summed E-state index contributed by atoms with van der Waals surface area (Å²) in [4.78, 5) is 14.5. The van der Waals surface area contributed by atoms with Gasteiger partial charge in [0.1, 0.15) is 12.2 Å². The Morgan fingerprint density at radius 1 is 1.10 bits per heavy atom. The zero-order valence-corrected chi connectivity index (χ0v) is 12.5. The van der Waals surface area contributed by atoms with Gasteiger partial charge in [0.2, 0.25) is 5.91 Å². The highest BCUT2D eigenvalue weighted by molar-refractivity contribution is 6.30. The summed E-state index contributed by atoms with van der Waals surface area (Å²) in [6.45, 7) is 2.65. The van der Waals surface area contributed by atoms with Crippen molar-refractivity contribution in [1.29, 1.82) is 0 Å². The van der Waals surface area contributed by atoms with Gasteiger partial charge < -0.3 is 4.90 Å². The smallest absolute Gasteiger partial charge is 0.245 e. The highest BCUT2D eigenvalue weighted by Gasteiger charge is 2.39. The molecule has 3 nitrogen and oxygen atoms in total. The Kier molecular flexibility index (Phi) is 3.95. The van der Waals surface area contributed by atoms with E-state index in [0.717, 1.165) is 11.1 Å². The molecule has 1 aliphatic heterocycles. The maximum Gasteiger partial charge on any atom is 0.245 e. The molecular weight excluding hydrogens is 284 g/mol. The summed E-state index contributed by atoms with van der Waals surface area (Å²) in [5.74, 6) is 0.105. The standard InChI is InChI=1S/C17H17ClN2O/c1-2-20-16(13-9-6-10-14(18)11-13)19-15(17(20)21)12-7-4-3-5-8-12/h3-11,15-16,19H,2H2,1H3. The molecule has 0 spiro atoms. The molecule has 2 aromatic carbocycles. The fraction of sp³-hybridized carbons (Fsp3) is 0.235. The fourth-order valence-electron chi connectivity index (χ4n) is 2.79. The number of rotatable bonds is 3. The second kappa shape index (κ2) is 5.88. The number of carbonyl (C=O) groups is 1. The normalized spacial score (nSPS) is 21.8. The summed E-state index contributed by atoms with van der Waals surface area (Å²) in [7, 11) is 0. The van der Waals surface area contributed by atoms with Crippen LogP contribution in [0.5, 0.6) is 0 Å². The van der Waals surface area contributed by atoms with E-state index in [-0.39, 0.29) is 18.1 Å². The summed E-state index contributed by atoms with van der Waals surface area (Å²) in [6, 6.07) is 17.2. The number of likely N-dealkylation sites (N-methyl/N-ethyl adjacent to an activating group) is 1. The van der Waals surface area contributed by atoms with Crippen LogP contribution in [0.25, 0.3) is 0 Å². The average Bonchev–Trinajstić information content (AvgIpc) is 2.85. The Morgan fingerprint density at radius 3 is 2.48 bits per heavy atom. The average molecular weight is 301 g/mol. The summed E-state index contributed by atoms with van der Waals surface area (Å²) < 4.78 is 0. The molecule has 1 aliphatic rings. The third-order valence-corrected chi connectivity index (χ3v) is 4.04. The number of benzene rings is 2. The molecule has 0 aliphatic carbocycles. The molecule has 2 aromatic rings. The maximum atomic E-state index is 12.6. The van der Waals surface area contributed by atoms with Gasteiger partial charge in [-0.1, -0.05) is 54.1 Å². The number of nitrogens with one attached hydrogen (secondary N) is 1. The van der Waals surface area contributed by atoms with E-state index in [2.05, 4.69) is 5.32 Å². The summed E-state index contributed by atoms with van der Waals surface area (Å²) in [5, 5.41) is 4.10. The van der Waals surface area contributed by atoms with Crippen molar-refractivity contribution in [2.24, 2.45) is 0 Å². The first-order valence-corrected chi connectivity index (χ1v) is 7.45. The monoisotopic (exact) mass is 300 g/mol. The Labute approximate surface area is 129 Å². The van der Waals surface area contributed by atoms with E-state index in [4.69, 9.17) is 11.6 Å². The van der Waals surface area contributed by atoms with Crippen LogP contribution in [-0.4, -0.2) is 17.4 Å². The van der Waals surface area contributed by atoms with Crippen molar-refractivity contribution in [3.05, 3.63) is 70.7 Å². The van der Waals surface area contributed by atoms with Crippen LogP contribution in [0.15, 0.2) is 54.6 Å². The van der Waals surface area contributed by atoms with Crippen molar-refractivity contribution < 1.29 is 4.79 Å². The molecule has 0 bridgehead atoms. The second-order valence-electron chi connectivity index (χ2n) is 5.09. The van der Waals surface area contributed by atoms with Crippen molar-refractivity contribution in [2.45, 2.75) is 19.1 Å². The highest BCUT2D eigenvalue weighted by Crippen LogP contribution is 2.32. The number of halogens is 1. The topological polar surface area (TPSA) is 32.3 Å². The van der Waals surface area contributed by atoms with Gasteiger partial charge in [-0.25, -0.2) is 0 Å². The van der Waals surface area contributed by atoms with Gasteiger partial charge in [-0.15, -0.1) is 0 Å². The van der Waals surface area contributed by atoms with E-state index in [1.165, 1.54) is 0 Å². The van der Waals surface area contributed by atoms with Gasteiger partial charge >= 0.3 is 0 Å². The number of amides is 1. The quantitative estimate of drug-likeness (QED) is 0.940. The molecule has 0 radical (unpaired) electrons. The Bertz CT molecular complexity index is 644. The minimum absolute atomic E-state index is 0.105. The Balaban J connectivity index is 1.94. The molecule has 2 atom stereocenters. The molecule has 21 heavy (non-hydrogen) atoms. The van der Waals surface area contributed by atoms with Gasteiger partial charge in [-0.05, 0) is 30.2 Å². The second-order valence-corrected chi connectivity index (χ2v) is 5.53. The van der Waals surface area contributed by atoms with Crippen molar-refractivity contribution in [3.63, 3.8) is 0 Å². The van der Waals surface area contributed by atoms with Crippen LogP contribution in [0, 0.1) is 0 Å². The van der Waals surface area contributed by atoms with Crippen LogP contribution in [-0.2, 0) is 4.79 Å². The van der Waals surface area contributed by atoms with Crippen LogP contribution >= 0.6 is 11.6 Å². The molecule has 108 valence electrons. The van der Waals surface area contributed by atoms with Gasteiger partial charge in [-0.3, -0.25) is 10.1 Å². The van der Waals surface area contributed by atoms with Gasteiger partial charge in [-0.2, -0.15) is 0 Å². The molecule has 1 N–H and O–H groups in total. The number of carbonyl (C=O) groups excluding carboxylic acids is 1. The fourth-order valence-corrected chi connectivity index (χ4v) is 2.99. The molecular formula is C17H17ClN2O. The first kappa shape index (κ1) is 14.1. The zero-order valence-electron chi connectivity index (χ0n) is 11.8. The summed E-state index contributed by atoms with van der Waals surface area (Å²) in [5.41, 5.74) is 2.00. The van der Waals surface area contributed by atoms with Crippen LogP contribution in [0.3, 0.4) is 0 Å². The lowest BCUT2D eigenvalue weighted by atomic mass is 10.1. The first-order valence-electron chi connectivity index (χ1n) is 7.07. The van der Waals surface area contributed by atoms with E-state index in [9.17, 15) is 4.79 Å². The third-order valence-electron chi connectivity index (χ3n) is 3.80. The third kappa shape index (κ3) is 2.67. The SMILES string of the molecule is CCN1C(=O)C(c2ccccc2)NC1c1cccc(Cl)c1. The molecule has 3 rings (SSSR count). The van der Waals surface area contributed by atoms with Gasteiger partial charge in [0.05, 0.1) is 0 Å². The van der Waals surface area contributed by atoms with E-state index < -0.39 is 0 Å². The molecule has 0 saturated carbocycles. The Hall–Kier alpha value is -1.84. The molecule has 1 heterocycles. The highest BCUT2D eigenvalue weighted by atomic mass is 35.5. The van der Waals surface area contributed by atoms with E-state index in [1.54, 1.807) is 0 Å². The number of hydrogen-bond donors (Lipinski definition) is 1. The lowest BCUT2D eigenvalue weighted by molar-refractivity contribution is -0.130. The van der Waals surface area contributed by atoms with Crippen molar-refractivity contribution >= 4 is 17.5 Å². The first-order chi connectivity index (χ1) is 10.2. The van der Waals surface area contributed by atoms with E-state index >= 15 is 0 Å². The lowest BCUT2D eigenvalue weighted by Crippen LogP contribution is -2.29. The predicted molar refractivity (Wildman–Crippen MR) is 83.9 cm³/mol. The molecule has 4 heteroatoms. The maximum absolute atomic E-state index is 12.6. The largest absolute Gasteiger partial charge is 0.322 e. The number of hydrogen-bond acceptors (Lipinski definition) is 2. The molecule has 2 unspecified atom stereocenters. The van der Waals surface area contributed by atoms with Crippen molar-refractivity contribution in [3.8, 4) is 0 Å². The Morgan fingerprint density at radius 2 is 1.81 bits per heavy atom. The number of nitrogens with zero attached hydrogens (tertiary/aromatic N) is 1.